The van der Waals surface area contributed by atoms with Gasteiger partial charge in [0.2, 0.25) is 0 Å². The maximum Gasteiger partial charge on any atom is 0.0787 e. The zero-order valence-corrected chi connectivity index (χ0v) is 10.7. The summed E-state index contributed by atoms with van der Waals surface area (Å²) in [6.07, 6.45) is 3.88. The molecule has 0 fully saturated rings. The van der Waals surface area contributed by atoms with Crippen LogP contribution in [0, 0.1) is 0 Å². The molecular weight excluding hydrogens is 210 g/mol. The van der Waals surface area contributed by atoms with Gasteiger partial charge in [0.25, 0.3) is 0 Å². The first-order valence-corrected chi connectivity index (χ1v) is 6.39. The van der Waals surface area contributed by atoms with E-state index in [4.69, 9.17) is 0 Å². The Balaban J connectivity index is 2.10. The number of hydrogen-bond acceptors (Lipinski definition) is 2. The van der Waals surface area contributed by atoms with Crippen LogP contribution < -0.4 is 4.90 Å². The largest absolute Gasteiger partial charge is 0.388 e. The van der Waals surface area contributed by atoms with E-state index in [1.54, 1.807) is 0 Å². The third-order valence-corrected chi connectivity index (χ3v) is 3.36. The summed E-state index contributed by atoms with van der Waals surface area (Å²) >= 11 is 0. The van der Waals surface area contributed by atoms with Crippen molar-refractivity contribution in [1.29, 1.82) is 0 Å². The van der Waals surface area contributed by atoms with Crippen LogP contribution in [-0.2, 0) is 0 Å². The fourth-order valence-corrected chi connectivity index (χ4v) is 2.27. The SMILES string of the molecule is CC[C@@H](O)c1ccc(N2CCC=C(C)C2)cc1. The first-order chi connectivity index (χ1) is 8.20. The standard InChI is InChI=1S/C15H21NO/c1-3-15(17)13-6-8-14(9-7-13)16-10-4-5-12(2)11-16/h5-9,15,17H,3-4,10-11H2,1-2H3/t15-/m1/s1. The Bertz CT molecular complexity index is 394. The Hall–Kier alpha value is -1.28. The van der Waals surface area contributed by atoms with Crippen molar-refractivity contribution in [2.45, 2.75) is 32.8 Å². The van der Waals surface area contributed by atoms with Crippen LogP contribution in [0.4, 0.5) is 5.69 Å². The number of aliphatic hydroxyl groups excluding tert-OH is 1. The second-order valence-corrected chi connectivity index (χ2v) is 4.78. The molecule has 0 spiro atoms. The maximum absolute atomic E-state index is 9.75. The summed E-state index contributed by atoms with van der Waals surface area (Å²) in [5, 5.41) is 9.75. The second-order valence-electron chi connectivity index (χ2n) is 4.78. The Kier molecular flexibility index (Phi) is 3.85. The Morgan fingerprint density at radius 2 is 2.00 bits per heavy atom. The molecule has 92 valence electrons. The zero-order valence-electron chi connectivity index (χ0n) is 10.7. The summed E-state index contributed by atoms with van der Waals surface area (Å²) in [4.78, 5) is 2.39. The summed E-state index contributed by atoms with van der Waals surface area (Å²) in [7, 11) is 0. The maximum atomic E-state index is 9.75. The smallest absolute Gasteiger partial charge is 0.0787 e. The minimum atomic E-state index is -0.327. The fourth-order valence-electron chi connectivity index (χ4n) is 2.27. The molecule has 0 radical (unpaired) electrons. The van der Waals surface area contributed by atoms with Crippen LogP contribution in [-0.4, -0.2) is 18.2 Å². The third-order valence-electron chi connectivity index (χ3n) is 3.36. The summed E-state index contributed by atoms with van der Waals surface area (Å²) in [5.74, 6) is 0. The van der Waals surface area contributed by atoms with Gasteiger partial charge in [0.05, 0.1) is 6.10 Å². The van der Waals surface area contributed by atoms with E-state index in [1.165, 1.54) is 11.3 Å². The van der Waals surface area contributed by atoms with E-state index in [0.29, 0.717) is 0 Å². The Labute approximate surface area is 104 Å². The molecule has 1 aliphatic rings. The van der Waals surface area contributed by atoms with Crippen LogP contribution in [0.3, 0.4) is 0 Å². The van der Waals surface area contributed by atoms with Crippen LogP contribution in [0.2, 0.25) is 0 Å². The molecule has 0 saturated heterocycles. The average molecular weight is 231 g/mol. The molecule has 1 atom stereocenters. The molecule has 1 aromatic carbocycles. The van der Waals surface area contributed by atoms with Crippen molar-refractivity contribution in [3.8, 4) is 0 Å². The Morgan fingerprint density at radius 3 is 2.59 bits per heavy atom. The molecule has 1 aliphatic heterocycles. The number of hydrogen-bond donors (Lipinski definition) is 1. The lowest BCUT2D eigenvalue weighted by atomic mass is 10.1. The molecule has 0 bridgehead atoms. The molecule has 2 heteroatoms. The molecule has 0 saturated carbocycles. The number of benzene rings is 1. The van der Waals surface area contributed by atoms with E-state index in [-0.39, 0.29) is 6.10 Å². The van der Waals surface area contributed by atoms with Crippen LogP contribution in [0.5, 0.6) is 0 Å². The average Bonchev–Trinajstić information content (AvgIpc) is 2.38. The lowest BCUT2D eigenvalue weighted by molar-refractivity contribution is 0.173. The molecule has 17 heavy (non-hydrogen) atoms. The fraction of sp³-hybridized carbons (Fsp3) is 0.467. The molecule has 0 amide bonds. The van der Waals surface area contributed by atoms with Crippen molar-refractivity contribution in [3.63, 3.8) is 0 Å². The molecule has 2 rings (SSSR count). The lowest BCUT2D eigenvalue weighted by Gasteiger charge is -2.28. The predicted molar refractivity (Wildman–Crippen MR) is 72.3 cm³/mol. The summed E-state index contributed by atoms with van der Waals surface area (Å²) in [6, 6.07) is 8.31. The van der Waals surface area contributed by atoms with E-state index in [2.05, 4.69) is 30.0 Å². The summed E-state index contributed by atoms with van der Waals surface area (Å²) in [5.41, 5.74) is 3.71. The highest BCUT2D eigenvalue weighted by molar-refractivity contribution is 5.49. The molecule has 0 aromatic heterocycles. The highest BCUT2D eigenvalue weighted by atomic mass is 16.3. The second kappa shape index (κ2) is 5.37. The monoisotopic (exact) mass is 231 g/mol. The minimum Gasteiger partial charge on any atom is -0.388 e. The molecule has 0 aliphatic carbocycles. The van der Waals surface area contributed by atoms with Crippen molar-refractivity contribution in [1.82, 2.24) is 0 Å². The van der Waals surface area contributed by atoms with Crippen molar-refractivity contribution in [2.75, 3.05) is 18.0 Å². The zero-order chi connectivity index (χ0) is 12.3. The number of nitrogens with zero attached hydrogens (tertiary/aromatic N) is 1. The van der Waals surface area contributed by atoms with Crippen LogP contribution in [0.15, 0.2) is 35.9 Å². The van der Waals surface area contributed by atoms with Gasteiger partial charge in [-0.2, -0.15) is 0 Å². The van der Waals surface area contributed by atoms with E-state index >= 15 is 0 Å². The van der Waals surface area contributed by atoms with Crippen molar-refractivity contribution >= 4 is 5.69 Å². The third kappa shape index (κ3) is 2.89. The van der Waals surface area contributed by atoms with E-state index in [0.717, 1.165) is 31.5 Å². The quantitative estimate of drug-likeness (QED) is 0.807. The van der Waals surface area contributed by atoms with Crippen molar-refractivity contribution in [2.24, 2.45) is 0 Å². The van der Waals surface area contributed by atoms with Gasteiger partial charge in [-0.05, 0) is 37.5 Å². The van der Waals surface area contributed by atoms with E-state index in [9.17, 15) is 5.11 Å². The van der Waals surface area contributed by atoms with Crippen molar-refractivity contribution in [3.05, 3.63) is 41.5 Å². The number of aliphatic hydroxyl groups is 1. The van der Waals surface area contributed by atoms with Gasteiger partial charge in [-0.25, -0.2) is 0 Å². The van der Waals surface area contributed by atoms with E-state index < -0.39 is 0 Å². The minimum absolute atomic E-state index is 0.327. The van der Waals surface area contributed by atoms with Crippen LogP contribution in [0.25, 0.3) is 0 Å². The molecule has 1 N–H and O–H groups in total. The molecule has 0 unspecified atom stereocenters. The van der Waals surface area contributed by atoms with Gasteiger partial charge in [-0.15, -0.1) is 0 Å². The molecule has 2 nitrogen and oxygen atoms in total. The van der Waals surface area contributed by atoms with Crippen LogP contribution in [0.1, 0.15) is 38.4 Å². The van der Waals surface area contributed by atoms with Crippen LogP contribution >= 0.6 is 0 Å². The van der Waals surface area contributed by atoms with Crippen molar-refractivity contribution < 1.29 is 5.11 Å². The van der Waals surface area contributed by atoms with Gasteiger partial charge < -0.3 is 10.0 Å². The highest BCUT2D eigenvalue weighted by Gasteiger charge is 2.11. The van der Waals surface area contributed by atoms with Gasteiger partial charge in [0.15, 0.2) is 0 Å². The normalized spacial score (nSPS) is 17.8. The van der Waals surface area contributed by atoms with Gasteiger partial charge >= 0.3 is 0 Å². The summed E-state index contributed by atoms with van der Waals surface area (Å²) in [6.45, 7) is 6.29. The predicted octanol–water partition coefficient (Wildman–Crippen LogP) is 3.29. The molecule has 1 aromatic rings. The molecular formula is C15H21NO. The summed E-state index contributed by atoms with van der Waals surface area (Å²) < 4.78 is 0. The first-order valence-electron chi connectivity index (χ1n) is 6.39. The number of rotatable bonds is 3. The number of anilines is 1. The Morgan fingerprint density at radius 1 is 1.29 bits per heavy atom. The topological polar surface area (TPSA) is 23.5 Å². The highest BCUT2D eigenvalue weighted by Crippen LogP contribution is 2.23. The van der Waals surface area contributed by atoms with Gasteiger partial charge in [0, 0.05) is 18.8 Å². The van der Waals surface area contributed by atoms with Gasteiger partial charge in [0.1, 0.15) is 0 Å². The lowest BCUT2D eigenvalue weighted by Crippen LogP contribution is -2.28. The van der Waals surface area contributed by atoms with Gasteiger partial charge in [-0.3, -0.25) is 0 Å². The first kappa shape index (κ1) is 12.2. The molecule has 1 heterocycles. The van der Waals surface area contributed by atoms with E-state index in [1.807, 2.05) is 19.1 Å². The van der Waals surface area contributed by atoms with Gasteiger partial charge in [-0.1, -0.05) is 30.7 Å².